The average Bonchev–Trinajstić information content (AvgIpc) is 2.76. The monoisotopic (exact) mass is 283 g/mol. The van der Waals surface area contributed by atoms with Crippen molar-refractivity contribution in [1.82, 2.24) is 10.3 Å². The third-order valence-corrected chi connectivity index (χ3v) is 3.74. The molecular weight excluding hydrogens is 268 g/mol. The Labute approximate surface area is 114 Å². The molecule has 0 bridgehead atoms. The van der Waals surface area contributed by atoms with Crippen LogP contribution in [0.2, 0.25) is 0 Å². The third kappa shape index (κ3) is 3.27. The molecule has 0 spiro atoms. The minimum Gasteiger partial charge on any atom is -0.375 e. The topological polar surface area (TPSA) is 50.9 Å². The first-order valence-electron chi connectivity index (χ1n) is 5.79. The second-order valence-electron chi connectivity index (χ2n) is 4.77. The van der Waals surface area contributed by atoms with Gasteiger partial charge in [-0.15, -0.1) is 11.3 Å². The summed E-state index contributed by atoms with van der Waals surface area (Å²) in [6, 6.07) is 3.93. The predicted octanol–water partition coefficient (Wildman–Crippen LogP) is 3.03. The van der Waals surface area contributed by atoms with Crippen molar-refractivity contribution in [2.75, 3.05) is 5.73 Å². The maximum Gasteiger partial charge on any atom is 0.180 e. The Hall–Kier alpha value is -1.53. The van der Waals surface area contributed by atoms with Crippen LogP contribution >= 0.6 is 11.3 Å². The fraction of sp³-hybridized carbons (Fsp3) is 0.308. The highest BCUT2D eigenvalue weighted by Crippen LogP contribution is 2.23. The van der Waals surface area contributed by atoms with E-state index in [1.807, 2.05) is 13.8 Å². The molecule has 1 aromatic carbocycles. The van der Waals surface area contributed by atoms with Gasteiger partial charge < -0.3 is 11.1 Å². The molecule has 0 aliphatic rings. The number of aromatic nitrogens is 1. The molecule has 0 unspecified atom stereocenters. The van der Waals surface area contributed by atoms with E-state index in [0.717, 1.165) is 10.9 Å². The van der Waals surface area contributed by atoms with E-state index in [2.05, 4.69) is 10.3 Å². The maximum atomic E-state index is 13.2. The number of thiazole rings is 1. The van der Waals surface area contributed by atoms with Crippen molar-refractivity contribution in [3.63, 3.8) is 0 Å². The number of hydrogen-bond acceptors (Lipinski definition) is 4. The molecule has 102 valence electrons. The van der Waals surface area contributed by atoms with Gasteiger partial charge in [0.1, 0.15) is 0 Å². The van der Waals surface area contributed by atoms with Crippen LogP contribution < -0.4 is 11.1 Å². The molecular formula is C13H15F2N3S. The second-order valence-corrected chi connectivity index (χ2v) is 5.92. The summed E-state index contributed by atoms with van der Waals surface area (Å²) in [5.74, 6) is -1.68. The van der Waals surface area contributed by atoms with Gasteiger partial charge in [-0.2, -0.15) is 0 Å². The van der Waals surface area contributed by atoms with Crippen molar-refractivity contribution in [3.05, 3.63) is 46.5 Å². The van der Waals surface area contributed by atoms with Crippen LogP contribution in [0.15, 0.2) is 24.4 Å². The van der Waals surface area contributed by atoms with Crippen LogP contribution in [-0.4, -0.2) is 4.98 Å². The Balaban J connectivity index is 2.10. The van der Waals surface area contributed by atoms with Crippen LogP contribution in [0.25, 0.3) is 0 Å². The van der Waals surface area contributed by atoms with Gasteiger partial charge in [0.25, 0.3) is 0 Å². The van der Waals surface area contributed by atoms with E-state index in [4.69, 9.17) is 5.73 Å². The Morgan fingerprint density at radius 2 is 2.05 bits per heavy atom. The highest BCUT2D eigenvalue weighted by atomic mass is 32.1. The first-order valence-corrected chi connectivity index (χ1v) is 6.61. The van der Waals surface area contributed by atoms with Gasteiger partial charge in [-0.1, -0.05) is 6.07 Å². The van der Waals surface area contributed by atoms with Crippen LogP contribution in [0, 0.1) is 11.6 Å². The van der Waals surface area contributed by atoms with Gasteiger partial charge in [-0.05, 0) is 31.5 Å². The average molecular weight is 283 g/mol. The van der Waals surface area contributed by atoms with E-state index < -0.39 is 17.2 Å². The van der Waals surface area contributed by atoms with Gasteiger partial charge in [0.15, 0.2) is 16.8 Å². The number of nitrogens with zero attached hydrogens (tertiary/aromatic N) is 1. The molecule has 3 N–H and O–H groups in total. The van der Waals surface area contributed by atoms with Crippen molar-refractivity contribution >= 4 is 16.5 Å². The number of hydrogen-bond donors (Lipinski definition) is 2. The lowest BCUT2D eigenvalue weighted by molar-refractivity contribution is 0.398. The summed E-state index contributed by atoms with van der Waals surface area (Å²) in [7, 11) is 0. The van der Waals surface area contributed by atoms with Crippen LogP contribution in [0.4, 0.5) is 13.9 Å². The smallest absolute Gasteiger partial charge is 0.180 e. The Morgan fingerprint density at radius 1 is 1.32 bits per heavy atom. The summed E-state index contributed by atoms with van der Waals surface area (Å²) >= 11 is 1.40. The van der Waals surface area contributed by atoms with Crippen LogP contribution in [-0.2, 0) is 12.1 Å². The minimum atomic E-state index is -0.839. The van der Waals surface area contributed by atoms with Gasteiger partial charge in [-0.25, -0.2) is 13.8 Å². The fourth-order valence-electron chi connectivity index (χ4n) is 1.70. The molecule has 0 saturated carbocycles. The van der Waals surface area contributed by atoms with Gasteiger partial charge in [0, 0.05) is 23.2 Å². The summed E-state index contributed by atoms with van der Waals surface area (Å²) in [6.45, 7) is 4.38. The molecule has 3 nitrogen and oxygen atoms in total. The number of nitrogens with two attached hydrogens (primary N) is 1. The zero-order chi connectivity index (χ0) is 14.0. The maximum absolute atomic E-state index is 13.2. The number of halogens is 2. The molecule has 0 fully saturated rings. The molecule has 2 aromatic rings. The quantitative estimate of drug-likeness (QED) is 0.907. The molecule has 0 amide bonds. The first kappa shape index (κ1) is 13.9. The Morgan fingerprint density at radius 3 is 2.63 bits per heavy atom. The lowest BCUT2D eigenvalue weighted by Gasteiger charge is -2.26. The molecule has 1 heterocycles. The summed E-state index contributed by atoms with van der Waals surface area (Å²) in [6.07, 6.45) is 1.70. The third-order valence-electron chi connectivity index (χ3n) is 2.92. The standard InChI is InChI=1S/C13H15F2N3S/c1-13(2,8-3-4-10(14)11(15)5-8)18-7-9-6-17-12(16)19-9/h3-6,18H,7H2,1-2H3,(H2,16,17). The van der Waals surface area contributed by atoms with E-state index in [1.54, 1.807) is 12.3 Å². The van der Waals surface area contributed by atoms with E-state index in [-0.39, 0.29) is 0 Å². The number of benzene rings is 1. The number of anilines is 1. The summed E-state index contributed by atoms with van der Waals surface area (Å²) < 4.78 is 26.2. The molecule has 0 aliphatic heterocycles. The first-order chi connectivity index (χ1) is 8.88. The highest BCUT2D eigenvalue weighted by Gasteiger charge is 2.21. The molecule has 0 radical (unpaired) electrons. The Bertz CT molecular complexity index is 581. The van der Waals surface area contributed by atoms with E-state index in [1.165, 1.54) is 17.4 Å². The van der Waals surface area contributed by atoms with Gasteiger partial charge >= 0.3 is 0 Å². The van der Waals surface area contributed by atoms with Crippen molar-refractivity contribution in [3.8, 4) is 0 Å². The lowest BCUT2D eigenvalue weighted by atomic mass is 9.94. The summed E-state index contributed by atoms with van der Waals surface area (Å²) in [5.41, 5.74) is 5.76. The van der Waals surface area contributed by atoms with Crippen LogP contribution in [0.5, 0.6) is 0 Å². The normalized spacial score (nSPS) is 11.8. The SMILES string of the molecule is CC(C)(NCc1cnc(N)s1)c1ccc(F)c(F)c1. The highest BCUT2D eigenvalue weighted by molar-refractivity contribution is 7.15. The summed E-state index contributed by atoms with van der Waals surface area (Å²) in [5, 5.41) is 3.79. The number of nitrogens with one attached hydrogen (secondary N) is 1. The zero-order valence-corrected chi connectivity index (χ0v) is 11.5. The minimum absolute atomic E-state index is 0.479. The van der Waals surface area contributed by atoms with E-state index in [0.29, 0.717) is 17.2 Å². The molecule has 19 heavy (non-hydrogen) atoms. The second kappa shape index (κ2) is 5.22. The van der Waals surface area contributed by atoms with E-state index >= 15 is 0 Å². The molecule has 0 saturated heterocycles. The number of nitrogen functional groups attached to an aromatic ring is 1. The predicted molar refractivity (Wildman–Crippen MR) is 72.8 cm³/mol. The molecule has 1 aromatic heterocycles. The van der Waals surface area contributed by atoms with Crippen molar-refractivity contribution < 1.29 is 8.78 Å². The molecule has 6 heteroatoms. The summed E-state index contributed by atoms with van der Waals surface area (Å²) in [4.78, 5) is 4.96. The van der Waals surface area contributed by atoms with E-state index in [9.17, 15) is 8.78 Å². The molecule has 0 aliphatic carbocycles. The molecule has 2 rings (SSSR count). The van der Waals surface area contributed by atoms with Crippen molar-refractivity contribution in [2.24, 2.45) is 0 Å². The lowest BCUT2D eigenvalue weighted by Crippen LogP contribution is -2.35. The van der Waals surface area contributed by atoms with Crippen molar-refractivity contribution in [2.45, 2.75) is 25.9 Å². The fourth-order valence-corrected chi connectivity index (χ4v) is 2.32. The van der Waals surface area contributed by atoms with Gasteiger partial charge in [0.2, 0.25) is 0 Å². The zero-order valence-electron chi connectivity index (χ0n) is 10.7. The largest absolute Gasteiger partial charge is 0.375 e. The van der Waals surface area contributed by atoms with Gasteiger partial charge in [-0.3, -0.25) is 0 Å². The van der Waals surface area contributed by atoms with Crippen LogP contribution in [0.3, 0.4) is 0 Å². The van der Waals surface area contributed by atoms with Crippen LogP contribution in [0.1, 0.15) is 24.3 Å². The van der Waals surface area contributed by atoms with Gasteiger partial charge in [0.05, 0.1) is 0 Å². The van der Waals surface area contributed by atoms with Crippen molar-refractivity contribution in [1.29, 1.82) is 0 Å². The molecule has 0 atom stereocenters. The number of rotatable bonds is 4. The Kier molecular flexibility index (Phi) is 3.82.